The van der Waals surface area contributed by atoms with Crippen LogP contribution in [0.3, 0.4) is 0 Å². The van der Waals surface area contributed by atoms with Crippen molar-refractivity contribution in [3.63, 3.8) is 0 Å². The van der Waals surface area contributed by atoms with Crippen molar-refractivity contribution in [3.8, 4) is 0 Å². The molecule has 78 valence electrons. The van der Waals surface area contributed by atoms with Gasteiger partial charge >= 0.3 is 0 Å². The van der Waals surface area contributed by atoms with E-state index in [4.69, 9.17) is 4.74 Å². The molecule has 1 saturated heterocycles. The van der Waals surface area contributed by atoms with Crippen LogP contribution in [0.5, 0.6) is 0 Å². The summed E-state index contributed by atoms with van der Waals surface area (Å²) in [5.74, 6) is 0. The molecule has 2 aromatic rings. The standard InChI is InChI=1S/C11H13N3O/c1-2-8-6-9(14-11(8)13-3-1)10-7-12-4-5-15-10/h1-3,6,10,12H,4-5,7H2,(H,13,14)/t10-/m1/s1. The highest BCUT2D eigenvalue weighted by molar-refractivity contribution is 5.76. The van der Waals surface area contributed by atoms with Crippen molar-refractivity contribution >= 4 is 11.0 Å². The summed E-state index contributed by atoms with van der Waals surface area (Å²) in [5, 5.41) is 4.45. The Kier molecular flexibility index (Phi) is 2.16. The summed E-state index contributed by atoms with van der Waals surface area (Å²) in [7, 11) is 0. The van der Waals surface area contributed by atoms with E-state index < -0.39 is 0 Å². The number of aromatic nitrogens is 2. The van der Waals surface area contributed by atoms with E-state index in [9.17, 15) is 0 Å². The Labute approximate surface area is 87.7 Å². The number of rotatable bonds is 1. The first-order valence-corrected chi connectivity index (χ1v) is 5.19. The molecule has 15 heavy (non-hydrogen) atoms. The predicted molar refractivity (Wildman–Crippen MR) is 57.7 cm³/mol. The van der Waals surface area contributed by atoms with Gasteiger partial charge in [0.2, 0.25) is 0 Å². The van der Waals surface area contributed by atoms with Gasteiger partial charge in [-0.25, -0.2) is 4.98 Å². The molecule has 1 fully saturated rings. The number of nitrogens with one attached hydrogen (secondary N) is 2. The van der Waals surface area contributed by atoms with Crippen LogP contribution in [0.25, 0.3) is 11.0 Å². The fourth-order valence-electron chi connectivity index (χ4n) is 1.92. The van der Waals surface area contributed by atoms with E-state index in [1.54, 1.807) is 6.20 Å². The summed E-state index contributed by atoms with van der Waals surface area (Å²) < 4.78 is 5.67. The van der Waals surface area contributed by atoms with Gasteiger partial charge in [0.15, 0.2) is 0 Å². The molecular formula is C11H13N3O. The van der Waals surface area contributed by atoms with Gasteiger partial charge in [-0.3, -0.25) is 0 Å². The molecule has 0 spiro atoms. The first-order chi connectivity index (χ1) is 7.43. The summed E-state index contributed by atoms with van der Waals surface area (Å²) in [6, 6.07) is 6.11. The van der Waals surface area contributed by atoms with Crippen LogP contribution in [0.4, 0.5) is 0 Å². The molecular weight excluding hydrogens is 190 g/mol. The second-order valence-corrected chi connectivity index (χ2v) is 3.73. The van der Waals surface area contributed by atoms with Gasteiger partial charge in [0, 0.05) is 30.4 Å². The highest BCUT2D eigenvalue weighted by atomic mass is 16.5. The minimum Gasteiger partial charge on any atom is -0.369 e. The largest absolute Gasteiger partial charge is 0.369 e. The Morgan fingerprint density at radius 1 is 1.47 bits per heavy atom. The highest BCUT2D eigenvalue weighted by Crippen LogP contribution is 2.21. The average molecular weight is 203 g/mol. The number of morpholine rings is 1. The summed E-state index contributed by atoms with van der Waals surface area (Å²) in [5.41, 5.74) is 2.04. The van der Waals surface area contributed by atoms with E-state index in [1.165, 1.54) is 0 Å². The van der Waals surface area contributed by atoms with Crippen LogP contribution in [-0.4, -0.2) is 29.7 Å². The van der Waals surface area contributed by atoms with Crippen LogP contribution >= 0.6 is 0 Å². The molecule has 3 heterocycles. The highest BCUT2D eigenvalue weighted by Gasteiger charge is 2.17. The van der Waals surface area contributed by atoms with Crippen LogP contribution in [0, 0.1) is 0 Å². The van der Waals surface area contributed by atoms with E-state index in [1.807, 2.05) is 6.07 Å². The lowest BCUT2D eigenvalue weighted by atomic mass is 10.2. The zero-order chi connectivity index (χ0) is 10.1. The minimum atomic E-state index is 0.132. The van der Waals surface area contributed by atoms with Crippen molar-refractivity contribution < 1.29 is 4.74 Å². The Bertz CT molecular complexity index is 427. The topological polar surface area (TPSA) is 49.9 Å². The van der Waals surface area contributed by atoms with Crippen LogP contribution in [-0.2, 0) is 4.74 Å². The molecule has 1 aliphatic rings. The lowest BCUT2D eigenvalue weighted by molar-refractivity contribution is 0.0255. The van der Waals surface area contributed by atoms with Gasteiger partial charge in [-0.05, 0) is 18.2 Å². The van der Waals surface area contributed by atoms with E-state index in [-0.39, 0.29) is 6.10 Å². The summed E-state index contributed by atoms with van der Waals surface area (Å²) in [6.45, 7) is 2.58. The lowest BCUT2D eigenvalue weighted by Gasteiger charge is -2.22. The lowest BCUT2D eigenvalue weighted by Crippen LogP contribution is -2.33. The predicted octanol–water partition coefficient (Wildman–Crippen LogP) is 1.22. The third-order valence-corrected chi connectivity index (χ3v) is 2.69. The third-order valence-electron chi connectivity index (χ3n) is 2.69. The van der Waals surface area contributed by atoms with Gasteiger partial charge in [0.1, 0.15) is 11.8 Å². The average Bonchev–Trinajstić information content (AvgIpc) is 2.74. The van der Waals surface area contributed by atoms with Crippen molar-refractivity contribution in [2.24, 2.45) is 0 Å². The molecule has 0 saturated carbocycles. The number of hydrogen-bond acceptors (Lipinski definition) is 3. The molecule has 1 atom stereocenters. The summed E-state index contributed by atoms with van der Waals surface area (Å²) >= 11 is 0. The second kappa shape index (κ2) is 3.64. The van der Waals surface area contributed by atoms with Crippen molar-refractivity contribution in [1.82, 2.24) is 15.3 Å². The van der Waals surface area contributed by atoms with Gasteiger partial charge in [0.05, 0.1) is 6.61 Å². The van der Waals surface area contributed by atoms with Crippen molar-refractivity contribution in [2.75, 3.05) is 19.7 Å². The van der Waals surface area contributed by atoms with Gasteiger partial charge < -0.3 is 15.0 Å². The fraction of sp³-hybridized carbons (Fsp3) is 0.364. The Hall–Kier alpha value is -1.39. The molecule has 0 aliphatic carbocycles. The molecule has 0 unspecified atom stereocenters. The van der Waals surface area contributed by atoms with Crippen LogP contribution in [0.15, 0.2) is 24.4 Å². The normalized spacial score (nSPS) is 22.0. The molecule has 4 heteroatoms. The summed E-state index contributed by atoms with van der Waals surface area (Å²) in [6.07, 6.45) is 1.93. The maximum Gasteiger partial charge on any atom is 0.137 e. The van der Waals surface area contributed by atoms with Gasteiger partial charge in [-0.1, -0.05) is 0 Å². The first kappa shape index (κ1) is 8.88. The fourth-order valence-corrected chi connectivity index (χ4v) is 1.92. The Balaban J connectivity index is 1.96. The zero-order valence-electron chi connectivity index (χ0n) is 8.36. The molecule has 2 aromatic heterocycles. The Morgan fingerprint density at radius 2 is 2.47 bits per heavy atom. The number of H-pyrrole nitrogens is 1. The number of nitrogens with zero attached hydrogens (tertiary/aromatic N) is 1. The summed E-state index contributed by atoms with van der Waals surface area (Å²) in [4.78, 5) is 7.55. The monoisotopic (exact) mass is 203 g/mol. The molecule has 0 radical (unpaired) electrons. The molecule has 0 bridgehead atoms. The van der Waals surface area contributed by atoms with Gasteiger partial charge in [-0.2, -0.15) is 0 Å². The quantitative estimate of drug-likeness (QED) is 0.732. The molecule has 2 N–H and O–H groups in total. The number of hydrogen-bond donors (Lipinski definition) is 2. The van der Waals surface area contributed by atoms with E-state index >= 15 is 0 Å². The molecule has 1 aliphatic heterocycles. The molecule has 4 nitrogen and oxygen atoms in total. The number of fused-ring (bicyclic) bond motifs is 1. The van der Waals surface area contributed by atoms with Crippen LogP contribution < -0.4 is 5.32 Å². The SMILES string of the molecule is c1cnc2[nH]c([C@H]3CNCCO3)cc2c1. The van der Waals surface area contributed by atoms with E-state index in [0.29, 0.717) is 0 Å². The van der Waals surface area contributed by atoms with E-state index in [2.05, 4.69) is 27.4 Å². The number of ether oxygens (including phenoxy) is 1. The van der Waals surface area contributed by atoms with Crippen LogP contribution in [0.2, 0.25) is 0 Å². The van der Waals surface area contributed by atoms with Gasteiger partial charge in [0.25, 0.3) is 0 Å². The van der Waals surface area contributed by atoms with Crippen molar-refractivity contribution in [1.29, 1.82) is 0 Å². The molecule has 3 rings (SSSR count). The maximum atomic E-state index is 5.67. The third kappa shape index (κ3) is 1.62. The molecule has 0 amide bonds. The van der Waals surface area contributed by atoms with Crippen LogP contribution in [0.1, 0.15) is 11.8 Å². The van der Waals surface area contributed by atoms with Crippen molar-refractivity contribution in [3.05, 3.63) is 30.1 Å². The van der Waals surface area contributed by atoms with Gasteiger partial charge in [-0.15, -0.1) is 0 Å². The zero-order valence-corrected chi connectivity index (χ0v) is 8.36. The van der Waals surface area contributed by atoms with Crippen molar-refractivity contribution in [2.45, 2.75) is 6.10 Å². The maximum absolute atomic E-state index is 5.67. The Morgan fingerprint density at radius 3 is 3.27 bits per heavy atom. The minimum absolute atomic E-state index is 0.132. The second-order valence-electron chi connectivity index (χ2n) is 3.73. The first-order valence-electron chi connectivity index (χ1n) is 5.19. The van der Waals surface area contributed by atoms with E-state index in [0.717, 1.165) is 36.4 Å². The number of pyridine rings is 1. The molecule has 0 aromatic carbocycles. The smallest absolute Gasteiger partial charge is 0.137 e. The number of aromatic amines is 1.